The first-order chi connectivity index (χ1) is 7.99. The highest BCUT2D eigenvalue weighted by Gasteiger charge is 2.09. The first-order valence-electron chi connectivity index (χ1n) is 5.81. The lowest BCUT2D eigenvalue weighted by molar-refractivity contribution is 0.206. The molecular weight excluding hydrogens is 224 g/mol. The number of benzene rings is 1. The van der Waals surface area contributed by atoms with Crippen molar-refractivity contribution >= 4 is 0 Å². The zero-order chi connectivity index (χ0) is 12.8. The summed E-state index contributed by atoms with van der Waals surface area (Å²) < 4.78 is 31.3. The number of halogens is 2. The van der Waals surface area contributed by atoms with Gasteiger partial charge < -0.3 is 10.1 Å². The smallest absolute Gasteiger partial charge is 0.167 e. The van der Waals surface area contributed by atoms with E-state index in [1.165, 1.54) is 12.1 Å². The van der Waals surface area contributed by atoms with E-state index in [0.29, 0.717) is 12.5 Å². The molecule has 0 aromatic heterocycles. The van der Waals surface area contributed by atoms with Crippen LogP contribution >= 0.6 is 0 Å². The second-order valence-corrected chi connectivity index (χ2v) is 4.56. The van der Waals surface area contributed by atoms with Crippen LogP contribution in [-0.4, -0.2) is 19.2 Å². The van der Waals surface area contributed by atoms with E-state index >= 15 is 0 Å². The Bertz CT molecular complexity index is 355. The van der Waals surface area contributed by atoms with Crippen molar-refractivity contribution in [2.75, 3.05) is 13.1 Å². The van der Waals surface area contributed by atoms with Crippen LogP contribution < -0.4 is 10.1 Å². The van der Waals surface area contributed by atoms with Crippen molar-refractivity contribution in [1.29, 1.82) is 0 Å². The zero-order valence-corrected chi connectivity index (χ0v) is 10.5. The minimum absolute atomic E-state index is 0.0882. The average molecular weight is 243 g/mol. The summed E-state index contributed by atoms with van der Waals surface area (Å²) in [6, 6.07) is 3.32. The standard InChI is InChI=1S/C13H19F2NO/c1-9(2)7-16-8-10(3)17-13-5-4-11(14)6-12(13)15/h4-6,9-10,16H,7-8H2,1-3H3. The van der Waals surface area contributed by atoms with Crippen molar-refractivity contribution < 1.29 is 13.5 Å². The largest absolute Gasteiger partial charge is 0.486 e. The number of nitrogens with one attached hydrogen (secondary N) is 1. The molecule has 0 amide bonds. The van der Waals surface area contributed by atoms with Crippen LogP contribution in [0.2, 0.25) is 0 Å². The van der Waals surface area contributed by atoms with E-state index in [0.717, 1.165) is 12.6 Å². The molecule has 0 aliphatic carbocycles. The Kier molecular flexibility index (Phi) is 5.35. The monoisotopic (exact) mass is 243 g/mol. The summed E-state index contributed by atoms with van der Waals surface area (Å²) in [5.74, 6) is -0.615. The van der Waals surface area contributed by atoms with Gasteiger partial charge in [-0.2, -0.15) is 0 Å². The minimum Gasteiger partial charge on any atom is -0.486 e. The molecule has 1 aromatic carbocycles. The Hall–Kier alpha value is -1.16. The van der Waals surface area contributed by atoms with Gasteiger partial charge in [0.15, 0.2) is 11.6 Å². The van der Waals surface area contributed by atoms with E-state index < -0.39 is 11.6 Å². The molecule has 1 N–H and O–H groups in total. The molecule has 1 aromatic rings. The van der Waals surface area contributed by atoms with Gasteiger partial charge in [0.05, 0.1) is 0 Å². The Morgan fingerprint density at radius 3 is 2.47 bits per heavy atom. The fourth-order valence-corrected chi connectivity index (χ4v) is 1.40. The first-order valence-corrected chi connectivity index (χ1v) is 5.81. The summed E-state index contributed by atoms with van der Waals surface area (Å²) in [4.78, 5) is 0. The third-order valence-electron chi connectivity index (χ3n) is 2.21. The highest BCUT2D eigenvalue weighted by Crippen LogP contribution is 2.18. The van der Waals surface area contributed by atoms with Crippen molar-refractivity contribution in [3.8, 4) is 5.75 Å². The average Bonchev–Trinajstić information content (AvgIpc) is 2.21. The van der Waals surface area contributed by atoms with Crippen molar-refractivity contribution in [3.63, 3.8) is 0 Å². The van der Waals surface area contributed by atoms with Crippen LogP contribution in [-0.2, 0) is 0 Å². The summed E-state index contributed by atoms with van der Waals surface area (Å²) in [7, 11) is 0. The predicted molar refractivity (Wildman–Crippen MR) is 64.2 cm³/mol. The maximum atomic E-state index is 13.3. The van der Waals surface area contributed by atoms with E-state index in [-0.39, 0.29) is 11.9 Å². The van der Waals surface area contributed by atoms with Gasteiger partial charge in [-0.1, -0.05) is 13.8 Å². The van der Waals surface area contributed by atoms with E-state index in [4.69, 9.17) is 4.74 Å². The molecule has 0 bridgehead atoms. The van der Waals surface area contributed by atoms with Gasteiger partial charge >= 0.3 is 0 Å². The highest BCUT2D eigenvalue weighted by atomic mass is 19.1. The van der Waals surface area contributed by atoms with Gasteiger partial charge in [0.2, 0.25) is 0 Å². The Balaban J connectivity index is 2.42. The van der Waals surface area contributed by atoms with Gasteiger partial charge in [-0.15, -0.1) is 0 Å². The Morgan fingerprint density at radius 1 is 1.18 bits per heavy atom. The van der Waals surface area contributed by atoms with Gasteiger partial charge in [-0.25, -0.2) is 8.78 Å². The van der Waals surface area contributed by atoms with Crippen molar-refractivity contribution in [2.24, 2.45) is 5.92 Å². The molecule has 0 aliphatic heterocycles. The van der Waals surface area contributed by atoms with Crippen LogP contribution in [0, 0.1) is 17.6 Å². The van der Waals surface area contributed by atoms with Gasteiger partial charge in [0.25, 0.3) is 0 Å². The molecule has 0 spiro atoms. The van der Waals surface area contributed by atoms with E-state index in [1.54, 1.807) is 0 Å². The lowest BCUT2D eigenvalue weighted by Crippen LogP contribution is -2.31. The Morgan fingerprint density at radius 2 is 1.88 bits per heavy atom. The van der Waals surface area contributed by atoms with Crippen molar-refractivity contribution in [3.05, 3.63) is 29.8 Å². The fraction of sp³-hybridized carbons (Fsp3) is 0.538. The minimum atomic E-state index is -0.666. The van der Waals surface area contributed by atoms with Gasteiger partial charge in [0, 0.05) is 12.6 Å². The molecule has 0 radical (unpaired) electrons. The second kappa shape index (κ2) is 6.55. The molecule has 4 heteroatoms. The number of rotatable bonds is 6. The van der Waals surface area contributed by atoms with Crippen LogP contribution in [0.4, 0.5) is 8.78 Å². The molecule has 0 saturated heterocycles. The molecule has 1 atom stereocenters. The molecule has 0 fully saturated rings. The third-order valence-corrected chi connectivity index (χ3v) is 2.21. The van der Waals surface area contributed by atoms with Crippen LogP contribution in [0.3, 0.4) is 0 Å². The van der Waals surface area contributed by atoms with E-state index in [2.05, 4.69) is 19.2 Å². The molecule has 0 heterocycles. The summed E-state index contributed by atoms with van der Waals surface area (Å²) in [5.41, 5.74) is 0. The number of hydrogen-bond acceptors (Lipinski definition) is 2. The SMILES string of the molecule is CC(C)CNCC(C)Oc1ccc(F)cc1F. The summed E-state index contributed by atoms with van der Waals surface area (Å²) in [6.45, 7) is 7.58. The molecule has 17 heavy (non-hydrogen) atoms. The lowest BCUT2D eigenvalue weighted by atomic mass is 10.2. The molecule has 0 aliphatic rings. The molecule has 1 unspecified atom stereocenters. The summed E-state index contributed by atoms with van der Waals surface area (Å²) >= 11 is 0. The number of hydrogen-bond donors (Lipinski definition) is 1. The predicted octanol–water partition coefficient (Wildman–Crippen LogP) is 2.98. The topological polar surface area (TPSA) is 21.3 Å². The molecular formula is C13H19F2NO. The van der Waals surface area contributed by atoms with Crippen LogP contribution in [0.5, 0.6) is 5.75 Å². The van der Waals surface area contributed by atoms with Crippen LogP contribution in [0.1, 0.15) is 20.8 Å². The normalized spacial score (nSPS) is 12.8. The second-order valence-electron chi connectivity index (χ2n) is 4.56. The third kappa shape index (κ3) is 5.13. The van der Waals surface area contributed by atoms with Crippen LogP contribution in [0.15, 0.2) is 18.2 Å². The van der Waals surface area contributed by atoms with Crippen molar-refractivity contribution in [1.82, 2.24) is 5.32 Å². The summed E-state index contributed by atoms with van der Waals surface area (Å²) in [5, 5.41) is 3.21. The fourth-order valence-electron chi connectivity index (χ4n) is 1.40. The Labute approximate surface area is 101 Å². The van der Waals surface area contributed by atoms with Gasteiger partial charge in [-0.3, -0.25) is 0 Å². The molecule has 1 rings (SSSR count). The molecule has 2 nitrogen and oxygen atoms in total. The highest BCUT2D eigenvalue weighted by molar-refractivity contribution is 5.24. The van der Waals surface area contributed by atoms with Gasteiger partial charge in [0.1, 0.15) is 11.9 Å². The molecule has 96 valence electrons. The molecule has 0 saturated carbocycles. The maximum absolute atomic E-state index is 13.3. The summed E-state index contributed by atoms with van der Waals surface area (Å²) in [6.07, 6.45) is -0.159. The number of ether oxygens (including phenoxy) is 1. The van der Waals surface area contributed by atoms with Gasteiger partial charge in [-0.05, 0) is 31.5 Å². The van der Waals surface area contributed by atoms with E-state index in [1.807, 2.05) is 6.92 Å². The maximum Gasteiger partial charge on any atom is 0.167 e. The van der Waals surface area contributed by atoms with E-state index in [9.17, 15) is 8.78 Å². The van der Waals surface area contributed by atoms with Crippen molar-refractivity contribution in [2.45, 2.75) is 26.9 Å². The zero-order valence-electron chi connectivity index (χ0n) is 10.5. The quantitative estimate of drug-likeness (QED) is 0.829. The first kappa shape index (κ1) is 13.9. The lowest BCUT2D eigenvalue weighted by Gasteiger charge is -2.16. The van der Waals surface area contributed by atoms with Crippen LogP contribution in [0.25, 0.3) is 0 Å².